The number of carbonyl (C=O) groups excluding carboxylic acids is 2. The molecule has 2 amide bonds. The van der Waals surface area contributed by atoms with Gasteiger partial charge in [0.15, 0.2) is 5.69 Å². The number of pyridine rings is 2. The molecule has 2 aromatic heterocycles. The largest absolute Gasteiger partial charge is 0.416 e. The number of carbonyl (C=O) groups is 2. The average Bonchev–Trinajstić information content (AvgIpc) is 2.88. The van der Waals surface area contributed by atoms with Crippen molar-refractivity contribution in [1.82, 2.24) is 9.97 Å². The molecule has 1 aliphatic rings. The lowest BCUT2D eigenvalue weighted by molar-refractivity contribution is -0.137. The third kappa shape index (κ3) is 4.20. The van der Waals surface area contributed by atoms with E-state index in [0.717, 1.165) is 24.3 Å². The van der Waals surface area contributed by atoms with Crippen molar-refractivity contribution in [2.45, 2.75) is 25.9 Å². The highest BCUT2D eigenvalue weighted by molar-refractivity contribution is 6.09. The van der Waals surface area contributed by atoms with Gasteiger partial charge >= 0.3 is 6.18 Å². The zero-order valence-corrected chi connectivity index (χ0v) is 18.1. The van der Waals surface area contributed by atoms with E-state index >= 15 is 0 Å². The molecule has 4 rings (SSSR count). The maximum Gasteiger partial charge on any atom is 0.416 e. The Hall–Kier alpha value is -4.26. The zero-order chi connectivity index (χ0) is 24.6. The van der Waals surface area contributed by atoms with Gasteiger partial charge in [-0.1, -0.05) is 6.07 Å². The number of rotatable bonds is 3. The number of hydrogen-bond donors (Lipinski definition) is 1. The molecule has 1 unspecified atom stereocenters. The molecule has 1 aromatic carbocycles. The number of hydrogen-bond acceptors (Lipinski definition) is 5. The molecule has 10 heteroatoms. The summed E-state index contributed by atoms with van der Waals surface area (Å²) in [4.78, 5) is 36.1. The van der Waals surface area contributed by atoms with Crippen LogP contribution in [0.2, 0.25) is 0 Å². The number of fused-ring (bicyclic) bond motifs is 3. The van der Waals surface area contributed by atoms with Gasteiger partial charge in [-0.25, -0.2) is 4.98 Å². The van der Waals surface area contributed by atoms with Crippen molar-refractivity contribution in [3.8, 4) is 17.2 Å². The molecule has 0 spiro atoms. The molecule has 0 saturated carbocycles. The molecule has 172 valence electrons. The zero-order valence-electron chi connectivity index (χ0n) is 18.1. The van der Waals surface area contributed by atoms with Gasteiger partial charge in [-0.05, 0) is 50.2 Å². The second kappa shape index (κ2) is 8.59. The van der Waals surface area contributed by atoms with Gasteiger partial charge in [0, 0.05) is 28.7 Å². The molecular weight excluding hydrogens is 447 g/mol. The van der Waals surface area contributed by atoms with E-state index < -0.39 is 36.0 Å². The fourth-order valence-corrected chi connectivity index (χ4v) is 3.91. The van der Waals surface area contributed by atoms with Crippen LogP contribution in [0.15, 0.2) is 48.7 Å². The maximum absolute atomic E-state index is 13.4. The third-order valence-corrected chi connectivity index (χ3v) is 5.48. The number of nitrogens with one attached hydrogen (secondary N) is 1. The minimum atomic E-state index is -4.49. The molecule has 34 heavy (non-hydrogen) atoms. The third-order valence-electron chi connectivity index (χ3n) is 5.48. The monoisotopic (exact) mass is 465 g/mol. The Morgan fingerprint density at radius 2 is 1.94 bits per heavy atom. The van der Waals surface area contributed by atoms with Crippen molar-refractivity contribution in [3.05, 3.63) is 71.3 Å². The summed E-state index contributed by atoms with van der Waals surface area (Å²) >= 11 is 0. The number of nitrogens with zero attached hydrogens (tertiary/aromatic N) is 4. The van der Waals surface area contributed by atoms with E-state index in [0.29, 0.717) is 28.2 Å². The van der Waals surface area contributed by atoms with Gasteiger partial charge in [-0.2, -0.15) is 18.4 Å². The number of aromatic nitrogens is 2. The van der Waals surface area contributed by atoms with Crippen molar-refractivity contribution >= 4 is 23.2 Å². The van der Waals surface area contributed by atoms with Crippen molar-refractivity contribution in [2.75, 3.05) is 16.8 Å². The SMILES string of the molecule is Cc1cc2c(c(C#N)n1)-c1cccnc1C(C)C(=O)N2CC(=O)Nc1ccc(C(F)(F)F)cc1. The first-order valence-corrected chi connectivity index (χ1v) is 10.3. The Bertz CT molecular complexity index is 1330. The van der Waals surface area contributed by atoms with E-state index in [1.807, 2.05) is 0 Å². The summed E-state index contributed by atoms with van der Waals surface area (Å²) in [5.41, 5.74) is 1.67. The second-order valence-electron chi connectivity index (χ2n) is 7.82. The lowest BCUT2D eigenvalue weighted by Crippen LogP contribution is -2.40. The lowest BCUT2D eigenvalue weighted by atomic mass is 9.96. The lowest BCUT2D eigenvalue weighted by Gasteiger charge is -2.24. The van der Waals surface area contributed by atoms with Gasteiger partial charge in [0.25, 0.3) is 0 Å². The molecule has 0 saturated heterocycles. The number of amides is 2. The van der Waals surface area contributed by atoms with Gasteiger partial charge in [-0.15, -0.1) is 0 Å². The van der Waals surface area contributed by atoms with Crippen LogP contribution in [0.25, 0.3) is 11.1 Å². The van der Waals surface area contributed by atoms with E-state index in [-0.39, 0.29) is 11.4 Å². The van der Waals surface area contributed by atoms with Gasteiger partial charge < -0.3 is 10.2 Å². The highest BCUT2D eigenvalue weighted by Crippen LogP contribution is 2.41. The molecular formula is C24H18F3N5O2. The van der Waals surface area contributed by atoms with Crippen LogP contribution in [-0.4, -0.2) is 28.3 Å². The van der Waals surface area contributed by atoms with Crippen molar-refractivity contribution in [1.29, 1.82) is 5.26 Å². The molecule has 3 aromatic rings. The normalized spacial score (nSPS) is 15.1. The summed E-state index contributed by atoms with van der Waals surface area (Å²) in [6, 6.07) is 11.1. The number of benzene rings is 1. The van der Waals surface area contributed by atoms with Crippen LogP contribution in [0, 0.1) is 18.3 Å². The summed E-state index contributed by atoms with van der Waals surface area (Å²) in [6.07, 6.45) is -2.95. The summed E-state index contributed by atoms with van der Waals surface area (Å²) in [6.45, 7) is 2.91. The van der Waals surface area contributed by atoms with Crippen molar-refractivity contribution in [2.24, 2.45) is 0 Å². The fourth-order valence-electron chi connectivity index (χ4n) is 3.91. The topological polar surface area (TPSA) is 99.0 Å². The first-order chi connectivity index (χ1) is 16.1. The van der Waals surface area contributed by atoms with Crippen LogP contribution < -0.4 is 10.2 Å². The van der Waals surface area contributed by atoms with Crippen LogP contribution in [0.3, 0.4) is 0 Å². The summed E-state index contributed by atoms with van der Waals surface area (Å²) < 4.78 is 38.4. The van der Waals surface area contributed by atoms with E-state index in [1.165, 1.54) is 4.90 Å². The van der Waals surface area contributed by atoms with Crippen LogP contribution >= 0.6 is 0 Å². The fraction of sp³-hybridized carbons (Fsp3) is 0.208. The molecule has 1 N–H and O–H groups in total. The minimum absolute atomic E-state index is 0.0966. The number of nitriles is 1. The number of alkyl halides is 3. The van der Waals surface area contributed by atoms with E-state index in [1.54, 1.807) is 38.2 Å². The van der Waals surface area contributed by atoms with Crippen LogP contribution in [-0.2, 0) is 15.8 Å². The highest BCUT2D eigenvalue weighted by Gasteiger charge is 2.35. The Morgan fingerprint density at radius 3 is 2.59 bits per heavy atom. The molecule has 0 radical (unpaired) electrons. The molecule has 0 fully saturated rings. The molecule has 3 heterocycles. The maximum atomic E-state index is 13.4. The van der Waals surface area contributed by atoms with E-state index in [9.17, 15) is 28.0 Å². The Balaban J connectivity index is 1.71. The summed E-state index contributed by atoms with van der Waals surface area (Å²) in [5.74, 6) is -1.73. The smallest absolute Gasteiger partial charge is 0.325 e. The highest BCUT2D eigenvalue weighted by atomic mass is 19.4. The first-order valence-electron chi connectivity index (χ1n) is 10.3. The average molecular weight is 465 g/mol. The Kier molecular flexibility index (Phi) is 5.79. The van der Waals surface area contributed by atoms with Gasteiger partial charge in [0.1, 0.15) is 12.6 Å². The van der Waals surface area contributed by atoms with E-state index in [2.05, 4.69) is 21.4 Å². The van der Waals surface area contributed by atoms with Gasteiger partial charge in [-0.3, -0.25) is 14.6 Å². The van der Waals surface area contributed by atoms with Gasteiger partial charge in [0.2, 0.25) is 11.8 Å². The molecule has 7 nitrogen and oxygen atoms in total. The van der Waals surface area contributed by atoms with Crippen molar-refractivity contribution in [3.63, 3.8) is 0 Å². The molecule has 0 aliphatic carbocycles. The van der Waals surface area contributed by atoms with Crippen molar-refractivity contribution < 1.29 is 22.8 Å². The molecule has 1 atom stereocenters. The van der Waals surface area contributed by atoms with Crippen LogP contribution in [0.4, 0.5) is 24.5 Å². The second-order valence-corrected chi connectivity index (χ2v) is 7.82. The number of halogens is 3. The predicted octanol–water partition coefficient (Wildman–Crippen LogP) is 4.43. The quantitative estimate of drug-likeness (QED) is 0.617. The Morgan fingerprint density at radius 1 is 1.24 bits per heavy atom. The number of aryl methyl sites for hydroxylation is 1. The predicted molar refractivity (Wildman–Crippen MR) is 118 cm³/mol. The first kappa shape index (κ1) is 22.9. The number of anilines is 2. The minimum Gasteiger partial charge on any atom is -0.325 e. The van der Waals surface area contributed by atoms with Crippen LogP contribution in [0.1, 0.15) is 35.5 Å². The standard InChI is InChI=1S/C24H18F3N5O2/c1-13-10-19-21(18(11-28)30-13)17-4-3-9-29-22(17)14(2)23(34)32(19)12-20(33)31-16-7-5-15(6-8-16)24(25,26)27/h3-10,14H,12H2,1-2H3,(H,31,33). The van der Waals surface area contributed by atoms with E-state index in [4.69, 9.17) is 0 Å². The molecule has 1 aliphatic heterocycles. The Labute approximate surface area is 192 Å². The van der Waals surface area contributed by atoms with Crippen LogP contribution in [0.5, 0.6) is 0 Å². The molecule has 0 bridgehead atoms. The summed E-state index contributed by atoms with van der Waals surface area (Å²) in [5, 5.41) is 12.2. The summed E-state index contributed by atoms with van der Waals surface area (Å²) in [7, 11) is 0. The van der Waals surface area contributed by atoms with Gasteiger partial charge in [0.05, 0.1) is 22.9 Å².